The smallest absolute Gasteiger partial charge is 0.656 e. The molecule has 0 saturated heterocycles. The second-order valence-corrected chi connectivity index (χ2v) is 3.67. The number of nitrogens with zero attached hydrogens (tertiary/aromatic N) is 1. The third-order valence-corrected chi connectivity index (χ3v) is 0.516. The van der Waals surface area contributed by atoms with Crippen molar-refractivity contribution in [3.63, 3.8) is 0 Å². The summed E-state index contributed by atoms with van der Waals surface area (Å²) in [5.74, 6) is 0. The minimum absolute atomic E-state index is 0. The van der Waals surface area contributed by atoms with Gasteiger partial charge in [0.15, 0.2) is 0 Å². The summed E-state index contributed by atoms with van der Waals surface area (Å²) in [6.45, 7) is 9.35. The molecule has 0 aromatic carbocycles. The van der Waals surface area contributed by atoms with Crippen LogP contribution in [0.15, 0.2) is 25.3 Å². The Hall–Kier alpha value is 1.23. The normalized spacial score (nSPS) is 8.85. The predicted molar refractivity (Wildman–Crippen MR) is 51.5 cm³/mol. The molecule has 0 rings (SSSR count). The van der Waals surface area contributed by atoms with Gasteiger partial charge in [0.2, 0.25) is 0 Å². The van der Waals surface area contributed by atoms with Gasteiger partial charge in [-0.15, -0.1) is 38.4 Å². The number of rotatable bonds is 4. The summed E-state index contributed by atoms with van der Waals surface area (Å²) in [5.41, 5.74) is 0. The van der Waals surface area contributed by atoms with Crippen LogP contribution in [0.2, 0.25) is 0 Å². The monoisotopic (exact) mass is 231 g/mol. The van der Waals surface area contributed by atoms with Gasteiger partial charge in [0.05, 0.1) is 0 Å². The van der Waals surface area contributed by atoms with Gasteiger partial charge in [-0.3, -0.25) is 4.57 Å². The molecular weight excluding hydrogens is 216 g/mol. The van der Waals surface area contributed by atoms with E-state index >= 15 is 0 Å². The molecule has 0 aliphatic heterocycles. The summed E-state index contributed by atoms with van der Waals surface area (Å²) in [4.78, 5) is 15.3. The van der Waals surface area contributed by atoms with Gasteiger partial charge in [-0.05, 0) is 0 Å². The fraction of sp³-hybridized carbons (Fsp3) is 0.429. The van der Waals surface area contributed by atoms with Crippen LogP contribution in [0.3, 0.4) is 0 Å². The summed E-state index contributed by atoms with van der Waals surface area (Å²) >= 11 is 0. The van der Waals surface area contributed by atoms with E-state index in [1.165, 1.54) is 0 Å². The van der Waals surface area contributed by atoms with E-state index in [4.69, 9.17) is 9.79 Å². The maximum Gasteiger partial charge on any atom is 1.00 e. The van der Waals surface area contributed by atoms with Crippen molar-refractivity contribution in [2.45, 2.75) is 0 Å². The van der Waals surface area contributed by atoms with Crippen LogP contribution in [0.5, 0.6) is 0 Å². The first kappa shape index (κ1) is 19.7. The molecule has 0 radical (unpaired) electrons. The predicted octanol–water partition coefficient (Wildman–Crippen LogP) is -1.47. The van der Waals surface area contributed by atoms with E-state index in [1.807, 2.05) is 0 Å². The molecule has 2 N–H and O–H groups in total. The van der Waals surface area contributed by atoms with Crippen LogP contribution in [-0.4, -0.2) is 29.5 Å². The maximum atomic E-state index is 9.33. The molecule has 6 heteroatoms. The van der Waals surface area contributed by atoms with Crippen molar-refractivity contribution in [2.75, 3.05) is 19.8 Å². The first-order valence-electron chi connectivity index (χ1n) is 3.30. The van der Waals surface area contributed by atoms with Crippen molar-refractivity contribution in [3.05, 3.63) is 30.6 Å². The Morgan fingerprint density at radius 1 is 1.31 bits per heavy atom. The van der Waals surface area contributed by atoms with Gasteiger partial charge in [0, 0.05) is 6.66 Å². The minimum Gasteiger partial charge on any atom is -0.656 e. The molecular formula is C7H15KNO3P. The van der Waals surface area contributed by atoms with Crippen LogP contribution in [0.1, 0.15) is 0 Å². The Balaban J connectivity index is -0.000000150. The van der Waals surface area contributed by atoms with Crippen molar-refractivity contribution in [2.24, 2.45) is 0 Å². The Bertz CT molecular complexity index is 153. The zero-order valence-corrected chi connectivity index (χ0v) is 12.2. The summed E-state index contributed by atoms with van der Waals surface area (Å²) in [6, 6.07) is 0. The molecule has 13 heavy (non-hydrogen) atoms. The van der Waals surface area contributed by atoms with E-state index in [2.05, 4.69) is 18.5 Å². The van der Waals surface area contributed by atoms with Crippen molar-refractivity contribution in [1.29, 1.82) is 0 Å². The molecule has 4 nitrogen and oxygen atoms in total. The van der Waals surface area contributed by atoms with Gasteiger partial charge in [0.1, 0.15) is 0 Å². The van der Waals surface area contributed by atoms with Crippen LogP contribution < -0.4 is 51.4 Å². The molecule has 0 unspecified atom stereocenters. The Morgan fingerprint density at radius 3 is 1.69 bits per heavy atom. The average Bonchev–Trinajstić information content (AvgIpc) is 1.85. The molecule has 0 aromatic rings. The van der Waals surface area contributed by atoms with Gasteiger partial charge < -0.3 is 15.1 Å². The van der Waals surface area contributed by atoms with Crippen LogP contribution in [0, 0.1) is 0 Å². The van der Waals surface area contributed by atoms with Gasteiger partial charge in [-0.2, -0.15) is 0 Å². The summed E-state index contributed by atoms with van der Waals surface area (Å²) in [7, 11) is -3.64. The van der Waals surface area contributed by atoms with E-state index in [9.17, 15) is 4.57 Å². The van der Waals surface area contributed by atoms with E-state index in [-0.39, 0.29) is 51.4 Å². The second-order valence-electron chi connectivity index (χ2n) is 2.00. The van der Waals surface area contributed by atoms with Gasteiger partial charge >= 0.3 is 59.0 Å². The maximum absolute atomic E-state index is 9.33. The minimum atomic E-state index is -3.64. The van der Waals surface area contributed by atoms with Crippen molar-refractivity contribution < 1.29 is 65.7 Å². The molecule has 0 saturated carbocycles. The standard InChI is InChI=1S/C6H10N.CH5O3P.K/c1-3-5-7-6-4-2;1-5(2,3)4;/h3-4H,1-2,5-6H2;1H3,(H2,2,3,4);/q-1;;+1. The number of hydrogen-bond acceptors (Lipinski definition) is 1. The van der Waals surface area contributed by atoms with Crippen LogP contribution in [0.4, 0.5) is 0 Å². The van der Waals surface area contributed by atoms with Gasteiger partial charge in [0.25, 0.3) is 0 Å². The average molecular weight is 231 g/mol. The molecule has 0 amide bonds. The Labute approximate surface area is 122 Å². The van der Waals surface area contributed by atoms with E-state index in [0.29, 0.717) is 0 Å². The van der Waals surface area contributed by atoms with Crippen LogP contribution in [-0.2, 0) is 4.57 Å². The van der Waals surface area contributed by atoms with Crippen LogP contribution >= 0.6 is 7.60 Å². The molecule has 0 aromatic heterocycles. The molecule has 0 aliphatic carbocycles. The summed E-state index contributed by atoms with van der Waals surface area (Å²) in [5, 5.41) is 3.97. The number of hydrogen-bond donors (Lipinski definition) is 2. The van der Waals surface area contributed by atoms with E-state index in [0.717, 1.165) is 19.8 Å². The third kappa shape index (κ3) is 61.0. The Morgan fingerprint density at radius 2 is 1.54 bits per heavy atom. The topological polar surface area (TPSA) is 71.6 Å². The molecule has 0 spiro atoms. The fourth-order valence-electron chi connectivity index (χ4n) is 0.257. The first-order valence-corrected chi connectivity index (χ1v) is 5.35. The molecule has 0 heterocycles. The van der Waals surface area contributed by atoms with Crippen molar-refractivity contribution in [3.8, 4) is 0 Å². The zero-order chi connectivity index (χ0) is 10.0. The van der Waals surface area contributed by atoms with Gasteiger partial charge in [-0.25, -0.2) is 0 Å². The molecule has 0 fully saturated rings. The largest absolute Gasteiger partial charge is 1.00 e. The van der Waals surface area contributed by atoms with E-state index < -0.39 is 7.60 Å². The molecule has 0 atom stereocenters. The summed E-state index contributed by atoms with van der Waals surface area (Å²) in [6.07, 6.45) is 3.53. The summed E-state index contributed by atoms with van der Waals surface area (Å²) < 4.78 is 9.33. The molecule has 0 aliphatic rings. The van der Waals surface area contributed by atoms with Crippen molar-refractivity contribution >= 4 is 7.60 Å². The molecule has 0 bridgehead atoms. The molecule has 72 valence electrons. The third-order valence-electron chi connectivity index (χ3n) is 0.516. The van der Waals surface area contributed by atoms with E-state index in [1.54, 1.807) is 12.2 Å². The SMILES string of the molecule is C=CC[N-]CC=C.CP(=O)(O)O.[K+]. The van der Waals surface area contributed by atoms with Crippen LogP contribution in [0.25, 0.3) is 5.32 Å². The fourth-order valence-corrected chi connectivity index (χ4v) is 0.257. The second kappa shape index (κ2) is 13.2. The quantitative estimate of drug-likeness (QED) is 0.268. The Kier molecular flexibility index (Phi) is 20.1. The zero-order valence-electron chi connectivity index (χ0n) is 8.18. The van der Waals surface area contributed by atoms with Crippen molar-refractivity contribution in [1.82, 2.24) is 0 Å². The van der Waals surface area contributed by atoms with Gasteiger partial charge in [-0.1, -0.05) is 0 Å². The first-order chi connectivity index (χ1) is 5.41.